The molecule has 12 nitrogen and oxygen atoms in total. The van der Waals surface area contributed by atoms with Crippen molar-refractivity contribution in [1.29, 1.82) is 0 Å². The number of carbonyl (C=O) groups excluding carboxylic acids is 3. The van der Waals surface area contributed by atoms with Gasteiger partial charge in [-0.15, -0.1) is 0 Å². The molecule has 0 aliphatic heterocycles. The highest BCUT2D eigenvalue weighted by atomic mass is 35.5. The molecule has 0 spiro atoms. The first-order valence-electron chi connectivity index (χ1n) is 11.8. The molecule has 4 aromatic rings. The summed E-state index contributed by atoms with van der Waals surface area (Å²) in [6, 6.07) is 3.15. The Balaban J connectivity index is 0.000000230. The molecular formula is C25H28Cl2N6O6. The number of nitrogens with one attached hydrogen (secondary N) is 1. The molecule has 4 rings (SSSR count). The first-order valence-corrected chi connectivity index (χ1v) is 12.5. The number of nitrogens with two attached hydrogens (primary N) is 1. The highest BCUT2D eigenvalue weighted by Gasteiger charge is 2.20. The van der Waals surface area contributed by atoms with Crippen molar-refractivity contribution in [2.75, 3.05) is 24.3 Å². The molecule has 4 aromatic heterocycles. The number of aromatic nitrogens is 4. The minimum Gasteiger partial charge on any atom is -0.462 e. The zero-order valence-corrected chi connectivity index (χ0v) is 23.5. The van der Waals surface area contributed by atoms with Crippen LogP contribution in [-0.2, 0) is 14.2 Å². The van der Waals surface area contributed by atoms with Crippen molar-refractivity contribution in [2.45, 2.75) is 40.2 Å². The van der Waals surface area contributed by atoms with Gasteiger partial charge in [0, 0.05) is 12.4 Å². The van der Waals surface area contributed by atoms with Gasteiger partial charge < -0.3 is 19.9 Å². The smallest absolute Gasteiger partial charge is 0.412 e. The molecule has 0 unspecified atom stereocenters. The third-order valence-corrected chi connectivity index (χ3v) is 5.49. The Labute approximate surface area is 233 Å². The molecule has 0 bridgehead atoms. The van der Waals surface area contributed by atoms with E-state index in [1.165, 1.54) is 27.6 Å². The summed E-state index contributed by atoms with van der Waals surface area (Å²) in [7, 11) is 0. The number of carbonyl (C=O) groups is 3. The first kappa shape index (κ1) is 29.5. The number of amides is 1. The van der Waals surface area contributed by atoms with Crippen molar-refractivity contribution < 1.29 is 28.6 Å². The van der Waals surface area contributed by atoms with Crippen LogP contribution < -0.4 is 11.1 Å². The van der Waals surface area contributed by atoms with Crippen molar-refractivity contribution in [3.05, 3.63) is 58.1 Å². The SMILES string of the molecule is CCOC(=O)c1cnn2cc(Cl)c(N)cc12.CCOC(=O)c1cnn2cc(Cl)c(NC(=O)OC(C)(C)C)cc12. The Kier molecular flexibility index (Phi) is 9.25. The van der Waals surface area contributed by atoms with Gasteiger partial charge in [-0.2, -0.15) is 10.2 Å². The summed E-state index contributed by atoms with van der Waals surface area (Å²) in [5.74, 6) is -0.910. The van der Waals surface area contributed by atoms with Crippen LogP contribution in [-0.4, -0.2) is 56.1 Å². The van der Waals surface area contributed by atoms with E-state index in [-0.39, 0.29) is 17.2 Å². The Hall–Kier alpha value is -4.03. The molecule has 0 saturated carbocycles. The predicted octanol–water partition coefficient (Wildman–Crippen LogP) is 5.26. The molecule has 1 amide bonds. The maximum Gasteiger partial charge on any atom is 0.412 e. The second-order valence-electron chi connectivity index (χ2n) is 8.96. The van der Waals surface area contributed by atoms with E-state index in [1.54, 1.807) is 52.9 Å². The van der Waals surface area contributed by atoms with E-state index in [1.807, 2.05) is 0 Å². The van der Waals surface area contributed by atoms with Crippen molar-refractivity contribution in [1.82, 2.24) is 19.2 Å². The molecule has 0 radical (unpaired) electrons. The zero-order chi connectivity index (χ0) is 28.9. The highest BCUT2D eigenvalue weighted by molar-refractivity contribution is 6.34. The number of nitrogens with zero attached hydrogens (tertiary/aromatic N) is 4. The summed E-state index contributed by atoms with van der Waals surface area (Å²) in [6.07, 6.45) is 5.23. The zero-order valence-electron chi connectivity index (χ0n) is 21.9. The van der Waals surface area contributed by atoms with Gasteiger partial charge in [-0.05, 0) is 46.8 Å². The number of anilines is 2. The summed E-state index contributed by atoms with van der Waals surface area (Å²) in [5, 5.41) is 11.3. The number of ether oxygens (including phenoxy) is 3. The predicted molar refractivity (Wildman–Crippen MR) is 147 cm³/mol. The molecule has 0 saturated heterocycles. The number of pyridine rings is 2. The lowest BCUT2D eigenvalue weighted by molar-refractivity contribution is 0.0519. The molecule has 39 heavy (non-hydrogen) atoms. The quantitative estimate of drug-likeness (QED) is 0.238. The van der Waals surface area contributed by atoms with Crippen molar-refractivity contribution in [2.24, 2.45) is 0 Å². The van der Waals surface area contributed by atoms with E-state index >= 15 is 0 Å². The molecule has 0 aromatic carbocycles. The number of fused-ring (bicyclic) bond motifs is 2. The molecule has 4 heterocycles. The number of esters is 2. The molecule has 208 valence electrons. The standard InChI is InChI=1S/C15H18ClN3O4.C10H10ClN3O2/c1-5-22-13(20)9-7-17-19-8-10(16)11(6-12(9)19)18-14(21)23-15(2,3)4;1-2-16-10(15)6-4-13-14-5-7(11)8(12)3-9(6)14/h6-8H,5H2,1-4H3,(H,18,21);3-5H,2,12H2,1H3. The average Bonchev–Trinajstić information content (AvgIpc) is 3.43. The van der Waals surface area contributed by atoms with E-state index in [2.05, 4.69) is 15.5 Å². The van der Waals surface area contributed by atoms with Crippen LogP contribution in [0.2, 0.25) is 10.0 Å². The molecule has 0 aliphatic carbocycles. The third kappa shape index (κ3) is 7.30. The molecular weight excluding hydrogens is 551 g/mol. The largest absolute Gasteiger partial charge is 0.462 e. The van der Waals surface area contributed by atoms with Gasteiger partial charge in [0.1, 0.15) is 16.7 Å². The number of halogens is 2. The Morgan fingerprint density at radius 1 is 0.897 bits per heavy atom. The lowest BCUT2D eigenvalue weighted by Gasteiger charge is -2.20. The van der Waals surface area contributed by atoms with Gasteiger partial charge in [0.25, 0.3) is 0 Å². The van der Waals surface area contributed by atoms with Crippen LogP contribution in [0, 0.1) is 0 Å². The van der Waals surface area contributed by atoms with Gasteiger partial charge in [0.15, 0.2) is 0 Å². The summed E-state index contributed by atoms with van der Waals surface area (Å²) >= 11 is 12.0. The third-order valence-electron chi connectivity index (χ3n) is 4.87. The first-order chi connectivity index (χ1) is 18.3. The van der Waals surface area contributed by atoms with Crippen LogP contribution in [0.3, 0.4) is 0 Å². The summed E-state index contributed by atoms with van der Waals surface area (Å²) < 4.78 is 18.0. The van der Waals surface area contributed by atoms with Crippen LogP contribution in [0.5, 0.6) is 0 Å². The van der Waals surface area contributed by atoms with Crippen molar-refractivity contribution in [3.63, 3.8) is 0 Å². The van der Waals surface area contributed by atoms with Crippen LogP contribution in [0.15, 0.2) is 36.9 Å². The fourth-order valence-corrected chi connectivity index (χ4v) is 3.60. The number of nitrogen functional groups attached to an aromatic ring is 1. The Bertz CT molecular complexity index is 1530. The average molecular weight is 579 g/mol. The van der Waals surface area contributed by atoms with Gasteiger partial charge in [-0.1, -0.05) is 23.2 Å². The van der Waals surface area contributed by atoms with E-state index < -0.39 is 23.6 Å². The van der Waals surface area contributed by atoms with Gasteiger partial charge in [0.05, 0.1) is 58.1 Å². The number of hydrogen-bond acceptors (Lipinski definition) is 9. The monoisotopic (exact) mass is 578 g/mol. The van der Waals surface area contributed by atoms with Crippen molar-refractivity contribution >= 4 is 63.6 Å². The fraction of sp³-hybridized carbons (Fsp3) is 0.320. The molecule has 14 heteroatoms. The van der Waals surface area contributed by atoms with Gasteiger partial charge in [0.2, 0.25) is 0 Å². The van der Waals surface area contributed by atoms with E-state index in [0.29, 0.717) is 39.6 Å². The van der Waals surface area contributed by atoms with Crippen molar-refractivity contribution in [3.8, 4) is 0 Å². The highest BCUT2D eigenvalue weighted by Crippen LogP contribution is 2.26. The Morgan fingerprint density at radius 2 is 1.38 bits per heavy atom. The summed E-state index contributed by atoms with van der Waals surface area (Å²) in [6.45, 7) is 9.31. The van der Waals surface area contributed by atoms with Gasteiger partial charge in [-0.3, -0.25) is 5.32 Å². The van der Waals surface area contributed by atoms with Crippen LogP contribution in [0.1, 0.15) is 55.3 Å². The van der Waals surface area contributed by atoms with E-state index in [9.17, 15) is 14.4 Å². The van der Waals surface area contributed by atoms with Crippen LogP contribution in [0.4, 0.5) is 16.2 Å². The lowest BCUT2D eigenvalue weighted by atomic mass is 10.2. The second kappa shape index (κ2) is 12.2. The summed E-state index contributed by atoms with van der Waals surface area (Å²) in [5.41, 5.74) is 7.48. The van der Waals surface area contributed by atoms with Gasteiger partial charge in [-0.25, -0.2) is 23.4 Å². The minimum absolute atomic E-state index is 0.257. The van der Waals surface area contributed by atoms with Crippen LogP contribution >= 0.6 is 23.2 Å². The fourth-order valence-electron chi connectivity index (χ4n) is 3.26. The van der Waals surface area contributed by atoms with E-state index in [4.69, 9.17) is 43.1 Å². The Morgan fingerprint density at radius 3 is 1.87 bits per heavy atom. The molecule has 0 aliphatic rings. The van der Waals surface area contributed by atoms with Crippen LogP contribution in [0.25, 0.3) is 11.0 Å². The maximum absolute atomic E-state index is 11.9. The number of hydrogen-bond donors (Lipinski definition) is 2. The molecule has 0 fully saturated rings. The second-order valence-corrected chi connectivity index (χ2v) is 9.77. The van der Waals surface area contributed by atoms with Gasteiger partial charge >= 0.3 is 18.0 Å². The normalized spacial score (nSPS) is 11.1. The molecule has 0 atom stereocenters. The van der Waals surface area contributed by atoms with E-state index in [0.717, 1.165) is 0 Å². The number of rotatable bonds is 5. The lowest BCUT2D eigenvalue weighted by Crippen LogP contribution is -2.27. The summed E-state index contributed by atoms with van der Waals surface area (Å²) in [4.78, 5) is 35.3. The maximum atomic E-state index is 11.9. The minimum atomic E-state index is -0.638. The topological polar surface area (TPSA) is 152 Å². The molecule has 3 N–H and O–H groups in total.